The zero-order chi connectivity index (χ0) is 30.9. The van der Waals surface area contributed by atoms with Crippen molar-refractivity contribution < 1.29 is 38.7 Å². The number of ether oxygens (including phenoxy) is 4. The minimum atomic E-state index is -0.939. The zero-order valence-corrected chi connectivity index (χ0v) is 28.1. The number of carboxylic acids is 1. The molecule has 0 spiro atoms. The van der Waals surface area contributed by atoms with Crippen LogP contribution in [-0.2, 0) is 23.7 Å². The zero-order valence-electron chi connectivity index (χ0n) is 25.9. The molecule has 0 aliphatic carbocycles. The minimum absolute atomic E-state index is 0.131. The second kappa shape index (κ2) is 16.6. The van der Waals surface area contributed by atoms with Crippen LogP contribution in [0.3, 0.4) is 0 Å². The summed E-state index contributed by atoms with van der Waals surface area (Å²) in [7, 11) is 1.57. The summed E-state index contributed by atoms with van der Waals surface area (Å²) in [6, 6.07) is 0. The highest BCUT2D eigenvalue weighted by Gasteiger charge is 2.40. The first-order valence-corrected chi connectivity index (χ1v) is 15.6. The van der Waals surface area contributed by atoms with Gasteiger partial charge in [0.05, 0.1) is 36.4 Å². The van der Waals surface area contributed by atoms with Gasteiger partial charge in [-0.2, -0.15) is 0 Å². The van der Waals surface area contributed by atoms with Gasteiger partial charge in [0, 0.05) is 68.5 Å². The number of rotatable bonds is 13. The third-order valence-electron chi connectivity index (χ3n) is 7.81. The third-order valence-corrected chi connectivity index (χ3v) is 8.78. The molecule has 11 heteroatoms. The molecule has 1 amide bonds. The molecule has 0 aromatic rings. The van der Waals surface area contributed by atoms with Crippen molar-refractivity contribution in [1.82, 2.24) is 8.01 Å². The van der Waals surface area contributed by atoms with Crippen LogP contribution in [0.4, 0.5) is 4.79 Å². The summed E-state index contributed by atoms with van der Waals surface area (Å²) in [4.78, 5) is 26.1. The van der Waals surface area contributed by atoms with Crippen LogP contribution >= 0.6 is 22.9 Å². The minimum Gasteiger partial charge on any atom is -0.481 e. The van der Waals surface area contributed by atoms with Gasteiger partial charge in [-0.15, -0.1) is 0 Å². The Morgan fingerprint density at radius 2 is 1.80 bits per heavy atom. The molecule has 2 rings (SSSR count). The molecule has 2 saturated heterocycles. The molecule has 236 valence electrons. The number of aliphatic carboxylic acids is 1. The van der Waals surface area contributed by atoms with E-state index in [1.54, 1.807) is 18.9 Å². The first-order valence-electron chi connectivity index (χ1n) is 14.6. The molecule has 0 bridgehead atoms. The van der Waals surface area contributed by atoms with Crippen molar-refractivity contribution in [2.24, 2.45) is 11.8 Å². The summed E-state index contributed by atoms with van der Waals surface area (Å²) < 4.78 is 26.0. The quantitative estimate of drug-likeness (QED) is 0.159. The predicted octanol–water partition coefficient (Wildman–Crippen LogP) is 4.84. The Morgan fingerprint density at radius 3 is 2.37 bits per heavy atom. The lowest BCUT2D eigenvalue weighted by Gasteiger charge is -2.41. The number of allylic oxidation sites excluding steroid dienone is 3. The summed E-state index contributed by atoms with van der Waals surface area (Å²) in [5, 5.41) is 19.4. The maximum absolute atomic E-state index is 12.9. The van der Waals surface area contributed by atoms with Crippen LogP contribution in [0.1, 0.15) is 67.7 Å². The molecule has 0 aromatic heterocycles. The largest absolute Gasteiger partial charge is 0.481 e. The van der Waals surface area contributed by atoms with Crippen molar-refractivity contribution in [2.45, 2.75) is 110 Å². The van der Waals surface area contributed by atoms with Crippen molar-refractivity contribution in [1.29, 1.82) is 0 Å². The summed E-state index contributed by atoms with van der Waals surface area (Å²) in [6.45, 7) is 16.5. The van der Waals surface area contributed by atoms with Gasteiger partial charge in [0.25, 0.3) is 0 Å². The van der Waals surface area contributed by atoms with E-state index in [2.05, 4.69) is 39.0 Å². The average Bonchev–Trinajstić information content (AvgIpc) is 2.85. The molecule has 10 nitrogen and oxygen atoms in total. The standard InChI is InChI=1S/C30H51IN2O8/c1-19(18-30(6,7)41-23(5)28(38-8)22(4)34)10-9-11-20(2)27-21(3)25(16-24(39-27)17-26(35)36)40-29(37)32-12-14-33(31)15-13-32/h9-11,19,21-25,27-28,34H,12-18H2,1-8H3,(H,35,36)/b10-9+,20-11+/t19-,21+,22-,23-,24-,25-,27-,28+/m1/s1. The number of amides is 1. The number of aliphatic hydroxyl groups is 1. The van der Waals surface area contributed by atoms with E-state index in [9.17, 15) is 19.8 Å². The number of nitrogens with zero attached hydrogens (tertiary/aromatic N) is 2. The molecule has 0 radical (unpaired) electrons. The SMILES string of the molecule is CO[C@@H]([C@@H](C)O)[C@@H](C)OC(C)(C)C[C@H](C)/C=C/C=C(\C)[C@H]1O[C@@H](CC(=O)O)C[C@@H](OC(=O)N2CCN(I)CC2)[C@@H]1C. The molecule has 0 aromatic carbocycles. The number of hydrogen-bond donors (Lipinski definition) is 2. The van der Waals surface area contributed by atoms with Crippen molar-refractivity contribution in [2.75, 3.05) is 33.3 Å². The van der Waals surface area contributed by atoms with Crippen LogP contribution < -0.4 is 0 Å². The van der Waals surface area contributed by atoms with Crippen molar-refractivity contribution >= 4 is 34.9 Å². The monoisotopic (exact) mass is 694 g/mol. The number of carboxylic acid groups (broad SMARTS) is 1. The first-order chi connectivity index (χ1) is 19.1. The topological polar surface area (TPSA) is 118 Å². The van der Waals surface area contributed by atoms with Gasteiger partial charge >= 0.3 is 12.1 Å². The van der Waals surface area contributed by atoms with Gasteiger partial charge in [-0.3, -0.25) is 4.79 Å². The highest BCUT2D eigenvalue weighted by atomic mass is 127. The van der Waals surface area contributed by atoms with Crippen LogP contribution in [0.15, 0.2) is 23.8 Å². The van der Waals surface area contributed by atoms with Gasteiger partial charge in [0.1, 0.15) is 12.2 Å². The number of methoxy groups -OCH3 is 1. The van der Waals surface area contributed by atoms with Crippen molar-refractivity contribution in [3.05, 3.63) is 23.8 Å². The van der Waals surface area contributed by atoms with E-state index >= 15 is 0 Å². The maximum Gasteiger partial charge on any atom is 0.410 e. The number of aliphatic hydroxyl groups excluding tert-OH is 1. The maximum atomic E-state index is 12.9. The second-order valence-electron chi connectivity index (χ2n) is 12.2. The van der Waals surface area contributed by atoms with Gasteiger partial charge in [-0.05, 0) is 52.5 Å². The van der Waals surface area contributed by atoms with Crippen LogP contribution in [-0.4, -0.2) is 106 Å². The van der Waals surface area contributed by atoms with Crippen LogP contribution in [0.5, 0.6) is 0 Å². The summed E-state index contributed by atoms with van der Waals surface area (Å²) >= 11 is 2.25. The fourth-order valence-corrected chi connectivity index (χ4v) is 6.29. The van der Waals surface area contributed by atoms with E-state index in [1.807, 2.05) is 46.8 Å². The summed E-state index contributed by atoms with van der Waals surface area (Å²) in [6.07, 6.45) is 4.06. The molecule has 41 heavy (non-hydrogen) atoms. The molecule has 2 heterocycles. The summed E-state index contributed by atoms with van der Waals surface area (Å²) in [5.41, 5.74) is 0.513. The lowest BCUT2D eigenvalue weighted by molar-refractivity contribution is -0.151. The summed E-state index contributed by atoms with van der Waals surface area (Å²) in [5.74, 6) is -0.866. The van der Waals surface area contributed by atoms with E-state index in [0.717, 1.165) is 25.1 Å². The smallest absolute Gasteiger partial charge is 0.410 e. The Balaban J connectivity index is 2.05. The highest BCUT2D eigenvalue weighted by Crippen LogP contribution is 2.33. The second-order valence-corrected chi connectivity index (χ2v) is 13.6. The van der Waals surface area contributed by atoms with E-state index < -0.39 is 36.0 Å². The van der Waals surface area contributed by atoms with Crippen LogP contribution in [0.25, 0.3) is 0 Å². The lowest BCUT2D eigenvalue weighted by atomic mass is 9.85. The Labute approximate surface area is 259 Å². The van der Waals surface area contributed by atoms with Gasteiger partial charge < -0.3 is 34.1 Å². The number of piperazine rings is 1. The van der Waals surface area contributed by atoms with E-state index in [0.29, 0.717) is 19.5 Å². The highest BCUT2D eigenvalue weighted by molar-refractivity contribution is 14.1. The molecule has 2 N–H and O–H groups in total. The normalized spacial score (nSPS) is 27.9. The molecule has 0 saturated carbocycles. The average molecular weight is 695 g/mol. The van der Waals surface area contributed by atoms with Crippen molar-refractivity contribution in [3.8, 4) is 0 Å². The van der Waals surface area contributed by atoms with Gasteiger partial charge in [0.15, 0.2) is 0 Å². The van der Waals surface area contributed by atoms with E-state index in [1.165, 1.54) is 0 Å². The fraction of sp³-hybridized carbons (Fsp3) is 0.800. The van der Waals surface area contributed by atoms with E-state index in [4.69, 9.17) is 18.9 Å². The number of hydrogen-bond acceptors (Lipinski definition) is 8. The Morgan fingerprint density at radius 1 is 1.17 bits per heavy atom. The Hall–Kier alpha value is -1.25. The van der Waals surface area contributed by atoms with Crippen LogP contribution in [0, 0.1) is 11.8 Å². The Kier molecular flexibility index (Phi) is 14.5. The molecular weight excluding hydrogens is 643 g/mol. The lowest BCUT2D eigenvalue weighted by Crippen LogP contribution is -2.50. The van der Waals surface area contributed by atoms with Crippen LogP contribution in [0.2, 0.25) is 0 Å². The predicted molar refractivity (Wildman–Crippen MR) is 166 cm³/mol. The third kappa shape index (κ3) is 11.7. The number of halogens is 1. The van der Waals surface area contributed by atoms with E-state index in [-0.39, 0.29) is 36.6 Å². The molecule has 8 atom stereocenters. The molecule has 2 aliphatic rings. The van der Waals surface area contributed by atoms with Gasteiger partial charge in [-0.1, -0.05) is 32.1 Å². The molecule has 0 unspecified atom stereocenters. The number of carbonyl (C=O) groups excluding carboxylic acids is 1. The molecule has 2 aliphatic heterocycles. The number of carbonyl (C=O) groups is 2. The Bertz CT molecular complexity index is 903. The van der Waals surface area contributed by atoms with Gasteiger partial charge in [-0.25, -0.2) is 7.91 Å². The molecule has 2 fully saturated rings. The van der Waals surface area contributed by atoms with Crippen molar-refractivity contribution in [3.63, 3.8) is 0 Å². The first kappa shape index (κ1) is 35.9. The fourth-order valence-electron chi connectivity index (χ4n) is 5.86. The molecular formula is C30H51IN2O8. The van der Waals surface area contributed by atoms with Gasteiger partial charge in [0.2, 0.25) is 0 Å².